The molecular weight excluding hydrogens is 332 g/mol. The molecule has 23 heavy (non-hydrogen) atoms. The van der Waals surface area contributed by atoms with Crippen LogP contribution in [0.3, 0.4) is 0 Å². The lowest BCUT2D eigenvalue weighted by atomic mass is 9.97. The van der Waals surface area contributed by atoms with Gasteiger partial charge in [-0.25, -0.2) is 9.97 Å². The van der Waals surface area contributed by atoms with E-state index < -0.39 is 0 Å². The van der Waals surface area contributed by atoms with Crippen molar-refractivity contribution >= 4 is 30.1 Å². The van der Waals surface area contributed by atoms with Crippen molar-refractivity contribution in [3.8, 4) is 0 Å². The first-order valence-corrected chi connectivity index (χ1v) is 9.00. The van der Waals surface area contributed by atoms with Crippen molar-refractivity contribution < 1.29 is 4.79 Å². The van der Waals surface area contributed by atoms with Crippen molar-refractivity contribution in [2.45, 2.75) is 38.8 Å². The summed E-state index contributed by atoms with van der Waals surface area (Å²) in [5.41, 5.74) is 1.90. The molecule has 1 aromatic rings. The van der Waals surface area contributed by atoms with Gasteiger partial charge in [0.2, 0.25) is 5.91 Å². The van der Waals surface area contributed by atoms with Gasteiger partial charge in [-0.3, -0.25) is 4.79 Å². The van der Waals surface area contributed by atoms with Crippen LogP contribution in [-0.4, -0.2) is 52.7 Å². The van der Waals surface area contributed by atoms with Crippen molar-refractivity contribution in [1.29, 1.82) is 0 Å². The number of thioether (sulfide) groups is 1. The number of halogens is 1. The Balaban J connectivity index is 0.00000264. The lowest BCUT2D eigenvalue weighted by Gasteiger charge is -2.32. The Labute approximate surface area is 149 Å². The summed E-state index contributed by atoms with van der Waals surface area (Å²) >= 11 is 1.44. The van der Waals surface area contributed by atoms with Gasteiger partial charge >= 0.3 is 0 Å². The molecule has 0 aromatic carbocycles. The fourth-order valence-corrected chi connectivity index (χ4v) is 3.56. The SMILES string of the molecule is CCNCC1CCN(C(=O)CSc2nc(C)cc(C)n2)CC1.Cl. The van der Waals surface area contributed by atoms with Crippen LogP contribution in [0.25, 0.3) is 0 Å². The lowest BCUT2D eigenvalue weighted by Crippen LogP contribution is -2.41. The number of rotatable bonds is 6. The summed E-state index contributed by atoms with van der Waals surface area (Å²) in [4.78, 5) is 23.0. The maximum atomic E-state index is 12.3. The standard InChI is InChI=1S/C16H26N4OS.ClH/c1-4-17-10-14-5-7-20(8-6-14)15(21)11-22-16-18-12(2)9-13(3)19-16;/h9,14,17H,4-8,10-11H2,1-3H3;1H. The second kappa shape index (κ2) is 10.1. The number of carbonyl (C=O) groups excluding carboxylic acids is 1. The van der Waals surface area contributed by atoms with E-state index in [1.54, 1.807) is 0 Å². The first-order valence-electron chi connectivity index (χ1n) is 8.02. The van der Waals surface area contributed by atoms with Crippen LogP contribution in [0.1, 0.15) is 31.2 Å². The summed E-state index contributed by atoms with van der Waals surface area (Å²) in [6.45, 7) is 9.89. The third-order valence-electron chi connectivity index (χ3n) is 3.94. The lowest BCUT2D eigenvalue weighted by molar-refractivity contribution is -0.129. The minimum Gasteiger partial charge on any atom is -0.342 e. The molecule has 7 heteroatoms. The Kier molecular flexibility index (Phi) is 8.87. The largest absolute Gasteiger partial charge is 0.342 e. The number of piperidine rings is 1. The molecule has 5 nitrogen and oxygen atoms in total. The van der Waals surface area contributed by atoms with Gasteiger partial charge in [0.1, 0.15) is 0 Å². The van der Waals surface area contributed by atoms with E-state index in [4.69, 9.17) is 0 Å². The predicted molar refractivity (Wildman–Crippen MR) is 97.3 cm³/mol. The molecule has 0 atom stereocenters. The van der Waals surface area contributed by atoms with Gasteiger partial charge in [-0.2, -0.15) is 0 Å². The molecule has 1 N–H and O–H groups in total. The van der Waals surface area contributed by atoms with Gasteiger partial charge in [-0.15, -0.1) is 12.4 Å². The number of nitrogens with zero attached hydrogens (tertiary/aromatic N) is 3. The molecule has 0 aliphatic carbocycles. The number of nitrogens with one attached hydrogen (secondary N) is 1. The first-order chi connectivity index (χ1) is 10.6. The summed E-state index contributed by atoms with van der Waals surface area (Å²) in [5.74, 6) is 1.34. The molecule has 1 fully saturated rings. The summed E-state index contributed by atoms with van der Waals surface area (Å²) in [7, 11) is 0. The second-order valence-electron chi connectivity index (χ2n) is 5.85. The van der Waals surface area contributed by atoms with Crippen molar-refractivity contribution in [3.63, 3.8) is 0 Å². The zero-order chi connectivity index (χ0) is 15.9. The van der Waals surface area contributed by atoms with Gasteiger partial charge < -0.3 is 10.2 Å². The minimum atomic E-state index is 0. The highest BCUT2D eigenvalue weighted by atomic mass is 35.5. The number of aryl methyl sites for hydroxylation is 2. The first kappa shape index (κ1) is 20.2. The van der Waals surface area contributed by atoms with E-state index >= 15 is 0 Å². The zero-order valence-electron chi connectivity index (χ0n) is 14.2. The van der Waals surface area contributed by atoms with Crippen LogP contribution < -0.4 is 5.32 Å². The number of hydrogen-bond donors (Lipinski definition) is 1. The fraction of sp³-hybridized carbons (Fsp3) is 0.688. The number of likely N-dealkylation sites (tertiary alicyclic amines) is 1. The monoisotopic (exact) mass is 358 g/mol. The smallest absolute Gasteiger partial charge is 0.233 e. The van der Waals surface area contributed by atoms with E-state index in [-0.39, 0.29) is 18.3 Å². The molecule has 2 heterocycles. The van der Waals surface area contributed by atoms with Crippen LogP contribution >= 0.6 is 24.2 Å². The Morgan fingerprint density at radius 1 is 1.30 bits per heavy atom. The fourth-order valence-electron chi connectivity index (χ4n) is 2.71. The van der Waals surface area contributed by atoms with Gasteiger partial charge in [0.25, 0.3) is 0 Å². The molecule has 1 aliphatic rings. The highest BCUT2D eigenvalue weighted by Crippen LogP contribution is 2.19. The van der Waals surface area contributed by atoms with Gasteiger partial charge in [0.05, 0.1) is 5.75 Å². The predicted octanol–water partition coefficient (Wildman–Crippen LogP) is 2.46. The van der Waals surface area contributed by atoms with Gasteiger partial charge in [0, 0.05) is 24.5 Å². The van der Waals surface area contributed by atoms with Crippen molar-refractivity contribution in [2.24, 2.45) is 5.92 Å². The topological polar surface area (TPSA) is 58.1 Å². The second-order valence-corrected chi connectivity index (χ2v) is 6.80. The Hall–Kier alpha value is -0.850. The van der Waals surface area contributed by atoms with Crippen molar-refractivity contribution in [1.82, 2.24) is 20.2 Å². The third-order valence-corrected chi connectivity index (χ3v) is 4.77. The summed E-state index contributed by atoms with van der Waals surface area (Å²) < 4.78 is 0. The highest BCUT2D eigenvalue weighted by Gasteiger charge is 2.22. The van der Waals surface area contributed by atoms with E-state index in [0.717, 1.165) is 50.4 Å². The van der Waals surface area contributed by atoms with E-state index in [0.29, 0.717) is 16.8 Å². The summed E-state index contributed by atoms with van der Waals surface area (Å²) in [6.07, 6.45) is 2.20. The molecule has 130 valence electrons. The van der Waals surface area contributed by atoms with Gasteiger partial charge in [-0.05, 0) is 51.8 Å². The van der Waals surface area contributed by atoms with Gasteiger partial charge in [-0.1, -0.05) is 18.7 Å². The van der Waals surface area contributed by atoms with Crippen LogP contribution in [0, 0.1) is 19.8 Å². The Bertz CT molecular complexity index is 487. The van der Waals surface area contributed by atoms with E-state index in [1.807, 2.05) is 24.8 Å². The normalized spacial score (nSPS) is 15.3. The third kappa shape index (κ3) is 6.65. The maximum absolute atomic E-state index is 12.3. The molecule has 1 aliphatic heterocycles. The van der Waals surface area contributed by atoms with Crippen molar-refractivity contribution in [2.75, 3.05) is 31.9 Å². The van der Waals surface area contributed by atoms with Gasteiger partial charge in [0.15, 0.2) is 5.16 Å². The average Bonchev–Trinajstić information content (AvgIpc) is 2.50. The van der Waals surface area contributed by atoms with Crippen LogP contribution in [0.15, 0.2) is 11.2 Å². The summed E-state index contributed by atoms with van der Waals surface area (Å²) in [5, 5.41) is 4.10. The van der Waals surface area contributed by atoms with E-state index in [9.17, 15) is 4.79 Å². The van der Waals surface area contributed by atoms with Crippen LogP contribution in [0.5, 0.6) is 0 Å². The molecule has 1 amide bonds. The van der Waals surface area contributed by atoms with E-state index in [1.165, 1.54) is 11.8 Å². The number of hydrogen-bond acceptors (Lipinski definition) is 5. The number of carbonyl (C=O) groups is 1. The van der Waals surface area contributed by atoms with Crippen LogP contribution in [-0.2, 0) is 4.79 Å². The quantitative estimate of drug-likeness (QED) is 0.625. The molecule has 0 bridgehead atoms. The van der Waals surface area contributed by atoms with E-state index in [2.05, 4.69) is 22.2 Å². The Morgan fingerprint density at radius 2 is 1.91 bits per heavy atom. The van der Waals surface area contributed by atoms with Crippen LogP contribution in [0.2, 0.25) is 0 Å². The molecule has 1 aromatic heterocycles. The molecule has 1 saturated heterocycles. The highest BCUT2D eigenvalue weighted by molar-refractivity contribution is 7.99. The molecular formula is C16H27ClN4OS. The number of amides is 1. The Morgan fingerprint density at radius 3 is 2.48 bits per heavy atom. The molecule has 0 radical (unpaired) electrons. The van der Waals surface area contributed by atoms with Crippen LogP contribution in [0.4, 0.5) is 0 Å². The molecule has 0 spiro atoms. The number of aromatic nitrogens is 2. The minimum absolute atomic E-state index is 0. The zero-order valence-corrected chi connectivity index (χ0v) is 15.8. The van der Waals surface area contributed by atoms with Crippen molar-refractivity contribution in [3.05, 3.63) is 17.5 Å². The molecule has 2 rings (SSSR count). The maximum Gasteiger partial charge on any atom is 0.233 e. The summed E-state index contributed by atoms with van der Waals surface area (Å²) in [6, 6.07) is 1.95. The molecule has 0 unspecified atom stereocenters. The average molecular weight is 359 g/mol. The molecule has 0 saturated carbocycles.